The largest absolute Gasteiger partial charge is 0.494 e. The molecule has 1 unspecified atom stereocenters. The molecule has 1 atom stereocenters. The summed E-state index contributed by atoms with van der Waals surface area (Å²) in [4.78, 5) is 40.2. The number of benzene rings is 4. The molecule has 0 spiro atoms. The minimum Gasteiger partial charge on any atom is -0.494 e. The number of amidine groups is 1. The van der Waals surface area contributed by atoms with Gasteiger partial charge in [-0.25, -0.2) is 8.42 Å². The maximum Gasteiger partial charge on any atom is 0.302 e. The highest BCUT2D eigenvalue weighted by Gasteiger charge is 2.54. The number of hydrogen-bond donors (Lipinski definition) is 4. The number of aryl methyl sites for hydroxylation is 1. The summed E-state index contributed by atoms with van der Waals surface area (Å²) < 4.78 is 30.9. The molecular weight excluding hydrogens is 681 g/mol. The fraction of sp³-hybridized carbons (Fsp3) is 0.282. The molecule has 4 aromatic rings. The van der Waals surface area contributed by atoms with Crippen LogP contribution in [0.2, 0.25) is 0 Å². The van der Waals surface area contributed by atoms with E-state index in [1.807, 2.05) is 13.0 Å². The van der Waals surface area contributed by atoms with Crippen LogP contribution in [-0.2, 0) is 19.4 Å². The van der Waals surface area contributed by atoms with E-state index >= 15 is 0 Å². The third kappa shape index (κ3) is 10.5. The maximum absolute atomic E-state index is 14.0. The molecule has 3 amide bonds. The van der Waals surface area contributed by atoms with Crippen molar-refractivity contribution >= 4 is 44.8 Å². The molecule has 12 nitrogen and oxygen atoms in total. The molecule has 0 aromatic heterocycles. The first-order chi connectivity index (χ1) is 25.0. The van der Waals surface area contributed by atoms with Crippen LogP contribution in [0.25, 0.3) is 0 Å². The zero-order valence-corrected chi connectivity index (χ0v) is 30.7. The number of para-hydroxylation sites is 2. The van der Waals surface area contributed by atoms with Gasteiger partial charge in [0.15, 0.2) is 15.7 Å². The van der Waals surface area contributed by atoms with Gasteiger partial charge in [0.1, 0.15) is 5.75 Å². The number of nitrogens with one attached hydrogen (secondary N) is 4. The van der Waals surface area contributed by atoms with Gasteiger partial charge in [0.2, 0.25) is 5.91 Å². The smallest absolute Gasteiger partial charge is 0.302 e. The van der Waals surface area contributed by atoms with Gasteiger partial charge in [0.25, 0.3) is 11.6 Å². The molecule has 0 saturated heterocycles. The molecule has 1 heterocycles. The van der Waals surface area contributed by atoms with Gasteiger partial charge in [-0.1, -0.05) is 67.9 Å². The molecule has 4 N–H and O–H groups in total. The second-order valence-corrected chi connectivity index (χ2v) is 14.1. The molecule has 0 saturated carbocycles. The van der Waals surface area contributed by atoms with Crippen LogP contribution in [0.1, 0.15) is 49.5 Å². The predicted molar refractivity (Wildman–Crippen MR) is 204 cm³/mol. The average Bonchev–Trinajstić information content (AvgIpc) is 3.38. The first-order valence-electron chi connectivity index (χ1n) is 17.1. The van der Waals surface area contributed by atoms with Crippen molar-refractivity contribution in [3.05, 3.63) is 120 Å². The normalized spacial score (nSPS) is 15.2. The number of hydrogen-bond acceptors (Lipinski definition) is 9. The van der Waals surface area contributed by atoms with Crippen molar-refractivity contribution in [2.45, 2.75) is 51.1 Å². The van der Waals surface area contributed by atoms with E-state index in [2.05, 4.69) is 40.2 Å². The number of sulfone groups is 1. The lowest BCUT2D eigenvalue weighted by Gasteiger charge is -2.31. The Labute approximate surface area is 305 Å². The number of ether oxygens (including phenoxy) is 1. The Morgan fingerprint density at radius 1 is 0.827 bits per heavy atom. The van der Waals surface area contributed by atoms with E-state index in [1.54, 1.807) is 103 Å². The van der Waals surface area contributed by atoms with Crippen LogP contribution in [0.5, 0.6) is 5.75 Å². The Morgan fingerprint density at radius 3 is 2.02 bits per heavy atom. The van der Waals surface area contributed by atoms with Crippen molar-refractivity contribution in [2.75, 3.05) is 35.8 Å². The van der Waals surface area contributed by atoms with Crippen molar-refractivity contribution in [1.29, 1.82) is 0 Å². The Balaban J connectivity index is 0.00000113. The minimum atomic E-state index is -3.36. The lowest BCUT2D eigenvalue weighted by Crippen LogP contribution is -2.67. The Hall–Kier alpha value is -5.53. The fourth-order valence-electron chi connectivity index (χ4n) is 5.18. The zero-order chi connectivity index (χ0) is 37.6. The van der Waals surface area contributed by atoms with Gasteiger partial charge >= 0.3 is 5.91 Å². The molecule has 0 fully saturated rings. The van der Waals surface area contributed by atoms with Gasteiger partial charge in [0, 0.05) is 18.2 Å². The summed E-state index contributed by atoms with van der Waals surface area (Å²) in [7, 11) is -3.36. The summed E-state index contributed by atoms with van der Waals surface area (Å²) >= 11 is 0. The molecule has 52 heavy (non-hydrogen) atoms. The van der Waals surface area contributed by atoms with Crippen molar-refractivity contribution in [3.8, 4) is 5.75 Å². The molecule has 0 bridgehead atoms. The third-order valence-corrected chi connectivity index (χ3v) is 9.66. The molecule has 0 aliphatic carbocycles. The van der Waals surface area contributed by atoms with E-state index in [-0.39, 0.29) is 17.2 Å². The summed E-state index contributed by atoms with van der Waals surface area (Å²) in [5.74, 6) is -1.29. The lowest BCUT2D eigenvalue weighted by atomic mass is 10.1. The van der Waals surface area contributed by atoms with Crippen LogP contribution in [0, 0.1) is 6.92 Å². The van der Waals surface area contributed by atoms with Crippen LogP contribution in [0.4, 0.5) is 11.4 Å². The summed E-state index contributed by atoms with van der Waals surface area (Å²) in [5, 5.41) is 17.2. The van der Waals surface area contributed by atoms with Gasteiger partial charge < -0.3 is 26.0 Å². The van der Waals surface area contributed by atoms with E-state index in [4.69, 9.17) is 4.74 Å². The first kappa shape index (κ1) is 39.3. The number of hydrazone groups is 1. The van der Waals surface area contributed by atoms with Gasteiger partial charge in [-0.05, 0) is 93.5 Å². The van der Waals surface area contributed by atoms with Crippen LogP contribution in [0.15, 0.2) is 119 Å². The standard InChI is InChI=1S/C35H35N5O6S.C4H11N/c1-25-15-21-31(22-16-25)47(44,45)24-10-9-23-46-30-19-17-27(18-20-30)32(42)36-33-35(37-26(2)41,38-28-11-5-3-6-12-28)34(43)40(39-33)29-13-7-4-8-14-29;1-3-5-4-2/h3-8,11-22,38H,9-10,23-24H2,1-2H3,(H,37,41)(H,36,39,42);5H,3-4H2,1-2H3. The number of carbonyl (C=O) groups excluding carboxylic acids is 3. The Bertz CT molecular complexity index is 1920. The fourth-order valence-corrected chi connectivity index (χ4v) is 6.55. The topological polar surface area (TPSA) is 158 Å². The SMILES string of the molecule is CC(=O)NC1(Nc2ccccc2)C(=O)N(c2ccccc2)N=C1NC(=O)c1ccc(OCCCCS(=O)(=O)c2ccc(C)cc2)cc1.CCNCC. The highest BCUT2D eigenvalue weighted by molar-refractivity contribution is 7.91. The van der Waals surface area contributed by atoms with Gasteiger partial charge in [-0.2, -0.15) is 5.01 Å². The third-order valence-electron chi connectivity index (χ3n) is 7.84. The van der Waals surface area contributed by atoms with Gasteiger partial charge in [0.05, 0.1) is 22.9 Å². The highest BCUT2D eigenvalue weighted by Crippen LogP contribution is 2.28. The molecule has 4 aromatic carbocycles. The molecule has 5 rings (SSSR count). The zero-order valence-electron chi connectivity index (χ0n) is 29.9. The summed E-state index contributed by atoms with van der Waals surface area (Å²) in [6.45, 7) is 9.86. The molecule has 1 aliphatic rings. The quantitative estimate of drug-likeness (QED) is 0.101. The van der Waals surface area contributed by atoms with Gasteiger partial charge in [-0.15, -0.1) is 5.10 Å². The van der Waals surface area contributed by atoms with Crippen LogP contribution < -0.4 is 31.0 Å². The van der Waals surface area contributed by atoms with E-state index < -0.39 is 33.2 Å². The molecule has 13 heteroatoms. The highest BCUT2D eigenvalue weighted by atomic mass is 32.2. The Morgan fingerprint density at radius 2 is 1.44 bits per heavy atom. The van der Waals surface area contributed by atoms with E-state index in [0.29, 0.717) is 41.5 Å². The van der Waals surface area contributed by atoms with Crippen molar-refractivity contribution < 1.29 is 27.5 Å². The molecule has 274 valence electrons. The second-order valence-electron chi connectivity index (χ2n) is 11.9. The Kier molecular flexibility index (Phi) is 14.1. The van der Waals surface area contributed by atoms with Crippen LogP contribution in [-0.4, -0.2) is 63.1 Å². The maximum atomic E-state index is 14.0. The summed E-state index contributed by atoms with van der Waals surface area (Å²) in [6.07, 6.45) is 0.962. The number of carbonyl (C=O) groups is 3. The van der Waals surface area contributed by atoms with Crippen molar-refractivity contribution in [3.63, 3.8) is 0 Å². The number of nitrogens with zero attached hydrogens (tertiary/aromatic N) is 2. The van der Waals surface area contributed by atoms with E-state index in [0.717, 1.165) is 23.7 Å². The van der Waals surface area contributed by atoms with E-state index in [9.17, 15) is 22.8 Å². The van der Waals surface area contributed by atoms with Crippen molar-refractivity contribution in [2.24, 2.45) is 5.10 Å². The average molecular weight is 727 g/mol. The number of amides is 3. The number of anilines is 2. The summed E-state index contributed by atoms with van der Waals surface area (Å²) in [5.41, 5.74) is 0.304. The molecular formula is C39H46N6O6S. The second kappa shape index (κ2) is 18.6. The lowest BCUT2D eigenvalue weighted by molar-refractivity contribution is -0.127. The van der Waals surface area contributed by atoms with Crippen LogP contribution in [0.3, 0.4) is 0 Å². The van der Waals surface area contributed by atoms with Gasteiger partial charge in [-0.3, -0.25) is 14.4 Å². The predicted octanol–water partition coefficient (Wildman–Crippen LogP) is 5.28. The monoisotopic (exact) mass is 726 g/mol. The number of rotatable bonds is 14. The minimum absolute atomic E-state index is 0.0196. The molecule has 1 aliphatic heterocycles. The van der Waals surface area contributed by atoms with Crippen molar-refractivity contribution in [1.82, 2.24) is 16.0 Å². The molecule has 0 radical (unpaired) electrons. The van der Waals surface area contributed by atoms with E-state index in [1.165, 1.54) is 6.92 Å². The first-order valence-corrected chi connectivity index (χ1v) is 18.8. The van der Waals surface area contributed by atoms with Crippen LogP contribution >= 0.6 is 0 Å². The number of unbranched alkanes of at least 4 members (excludes halogenated alkanes) is 1. The summed E-state index contributed by atoms with van der Waals surface area (Å²) in [6, 6.07) is 30.6.